The minimum Gasteiger partial charge on any atom is -0.493 e. The molecule has 2 aromatic heterocycles. The van der Waals surface area contributed by atoms with Crippen LogP contribution in [0.3, 0.4) is 0 Å². The van der Waals surface area contributed by atoms with Crippen LogP contribution in [0.2, 0.25) is 0 Å². The van der Waals surface area contributed by atoms with E-state index in [1.165, 1.54) is 11.3 Å². The third kappa shape index (κ3) is 1.92. The molecule has 0 radical (unpaired) electrons. The predicted octanol–water partition coefficient (Wildman–Crippen LogP) is 2.84. The van der Waals surface area contributed by atoms with Gasteiger partial charge in [-0.1, -0.05) is 12.1 Å². The molecule has 110 valence electrons. The molecule has 3 heterocycles. The van der Waals surface area contributed by atoms with Crippen molar-refractivity contribution in [2.45, 2.75) is 6.42 Å². The van der Waals surface area contributed by atoms with Gasteiger partial charge in [-0.15, -0.1) is 11.3 Å². The number of primary amides is 1. The molecule has 1 amide bonds. The lowest BCUT2D eigenvalue weighted by molar-refractivity contribution is 0.100. The molecule has 0 aliphatic carbocycles. The second-order valence-corrected chi connectivity index (χ2v) is 6.08. The molecule has 0 saturated carbocycles. The topological polar surface area (TPSA) is 81.0 Å². The van der Waals surface area contributed by atoms with Gasteiger partial charge in [-0.05, 0) is 17.7 Å². The maximum atomic E-state index is 11.9. The molecule has 0 spiro atoms. The van der Waals surface area contributed by atoms with E-state index in [-0.39, 0.29) is 0 Å². The summed E-state index contributed by atoms with van der Waals surface area (Å²) in [6.45, 7) is 0.573. The summed E-state index contributed by atoms with van der Waals surface area (Å²) in [6, 6.07) is 7.88. The average Bonchev–Trinajstić information content (AvgIpc) is 3.11. The van der Waals surface area contributed by atoms with Gasteiger partial charge in [0.2, 0.25) is 0 Å². The third-order valence-electron chi connectivity index (χ3n) is 3.76. The second kappa shape index (κ2) is 4.99. The molecule has 4 rings (SSSR count). The minimum atomic E-state index is -0.410. The van der Waals surface area contributed by atoms with Crippen LogP contribution in [-0.4, -0.2) is 22.7 Å². The fourth-order valence-electron chi connectivity index (χ4n) is 2.83. The number of thiophene rings is 1. The smallest absolute Gasteiger partial charge is 0.259 e. The number of nitrogens with two attached hydrogens (primary N) is 1. The van der Waals surface area contributed by atoms with Crippen LogP contribution in [0.25, 0.3) is 21.6 Å². The molecular weight excluding hydrogens is 298 g/mol. The molecule has 0 saturated heterocycles. The zero-order valence-corrected chi connectivity index (χ0v) is 12.4. The van der Waals surface area contributed by atoms with Crippen molar-refractivity contribution >= 4 is 17.2 Å². The number of ether oxygens (including phenoxy) is 1. The zero-order valence-electron chi connectivity index (χ0n) is 11.6. The Balaban J connectivity index is 2.03. The van der Waals surface area contributed by atoms with Crippen LogP contribution < -0.4 is 10.5 Å². The van der Waals surface area contributed by atoms with E-state index in [1.54, 1.807) is 12.4 Å². The number of aromatic nitrogens is 2. The first-order valence-corrected chi connectivity index (χ1v) is 7.74. The number of para-hydroxylation sites is 1. The fraction of sp³-hybridized carbons (Fsp3) is 0.125. The first-order chi connectivity index (χ1) is 10.8. The first kappa shape index (κ1) is 13.1. The molecule has 1 aromatic carbocycles. The van der Waals surface area contributed by atoms with Crippen LogP contribution >= 0.6 is 11.3 Å². The molecule has 3 N–H and O–H groups in total. The van der Waals surface area contributed by atoms with Crippen molar-refractivity contribution in [1.29, 1.82) is 0 Å². The number of fused-ring (bicyclic) bond motifs is 3. The first-order valence-electron chi connectivity index (χ1n) is 6.92. The molecule has 3 aromatic rings. The Hall–Kier alpha value is -2.60. The lowest BCUT2D eigenvalue weighted by Crippen LogP contribution is -2.10. The summed E-state index contributed by atoms with van der Waals surface area (Å²) in [7, 11) is 0. The molecule has 5 nitrogen and oxygen atoms in total. The highest BCUT2D eigenvalue weighted by Crippen LogP contribution is 2.46. The van der Waals surface area contributed by atoms with Crippen molar-refractivity contribution in [3.05, 3.63) is 47.1 Å². The van der Waals surface area contributed by atoms with Gasteiger partial charge in [0, 0.05) is 34.2 Å². The van der Waals surface area contributed by atoms with E-state index in [1.807, 2.05) is 24.3 Å². The van der Waals surface area contributed by atoms with Crippen LogP contribution in [0.5, 0.6) is 5.75 Å². The third-order valence-corrected chi connectivity index (χ3v) is 5.04. The van der Waals surface area contributed by atoms with Gasteiger partial charge in [0.1, 0.15) is 10.6 Å². The second-order valence-electron chi connectivity index (χ2n) is 5.06. The van der Waals surface area contributed by atoms with E-state index in [2.05, 4.69) is 10.2 Å². The molecule has 22 heavy (non-hydrogen) atoms. The van der Waals surface area contributed by atoms with Crippen molar-refractivity contribution in [3.8, 4) is 27.3 Å². The highest BCUT2D eigenvalue weighted by molar-refractivity contribution is 7.18. The summed E-state index contributed by atoms with van der Waals surface area (Å²) >= 11 is 1.43. The van der Waals surface area contributed by atoms with E-state index in [0.29, 0.717) is 11.5 Å². The highest BCUT2D eigenvalue weighted by Gasteiger charge is 2.26. The van der Waals surface area contributed by atoms with Gasteiger partial charge in [0.25, 0.3) is 5.91 Å². The van der Waals surface area contributed by atoms with Gasteiger partial charge in [0.15, 0.2) is 0 Å². The normalized spacial score (nSPS) is 12.9. The lowest BCUT2D eigenvalue weighted by Gasteiger charge is -2.05. The molecule has 1 aliphatic heterocycles. The summed E-state index contributed by atoms with van der Waals surface area (Å²) in [5, 5.41) is 6.79. The Morgan fingerprint density at radius 1 is 1.36 bits per heavy atom. The van der Waals surface area contributed by atoms with Gasteiger partial charge in [-0.3, -0.25) is 9.89 Å². The van der Waals surface area contributed by atoms with Gasteiger partial charge in [-0.25, -0.2) is 0 Å². The number of carbonyl (C=O) groups excluding carboxylic acids is 1. The van der Waals surface area contributed by atoms with Gasteiger partial charge in [0.05, 0.1) is 12.8 Å². The number of H-pyrrole nitrogens is 1. The Kier molecular flexibility index (Phi) is 2.97. The highest BCUT2D eigenvalue weighted by atomic mass is 32.1. The molecule has 1 aliphatic rings. The monoisotopic (exact) mass is 311 g/mol. The van der Waals surface area contributed by atoms with Crippen LogP contribution in [0.4, 0.5) is 0 Å². The Labute approximate surface area is 130 Å². The number of aromatic amines is 1. The Morgan fingerprint density at radius 2 is 2.23 bits per heavy atom. The van der Waals surface area contributed by atoms with Crippen molar-refractivity contribution in [2.24, 2.45) is 5.73 Å². The number of hydrogen-bond donors (Lipinski definition) is 2. The van der Waals surface area contributed by atoms with E-state index in [9.17, 15) is 4.79 Å². The minimum absolute atomic E-state index is 0.410. The number of benzene rings is 1. The molecule has 0 fully saturated rings. The van der Waals surface area contributed by atoms with Gasteiger partial charge in [-0.2, -0.15) is 5.10 Å². The number of amides is 1. The lowest BCUT2D eigenvalue weighted by atomic mass is 9.98. The van der Waals surface area contributed by atoms with Crippen LogP contribution in [-0.2, 0) is 6.42 Å². The Bertz CT molecular complexity index is 852. The number of nitrogens with zero attached hydrogens (tertiary/aromatic N) is 1. The molecule has 0 bridgehead atoms. The maximum Gasteiger partial charge on any atom is 0.259 e. The Morgan fingerprint density at radius 3 is 3.00 bits per heavy atom. The maximum absolute atomic E-state index is 11.9. The van der Waals surface area contributed by atoms with E-state index >= 15 is 0 Å². The van der Waals surface area contributed by atoms with Gasteiger partial charge >= 0.3 is 0 Å². The fourth-order valence-corrected chi connectivity index (χ4v) is 4.08. The summed E-state index contributed by atoms with van der Waals surface area (Å²) in [5.41, 5.74) is 9.47. The van der Waals surface area contributed by atoms with Crippen molar-refractivity contribution in [2.75, 3.05) is 6.61 Å². The van der Waals surface area contributed by atoms with E-state index < -0.39 is 5.91 Å². The number of hydrogen-bond acceptors (Lipinski definition) is 4. The predicted molar refractivity (Wildman–Crippen MR) is 85.1 cm³/mol. The molecule has 6 heteroatoms. The standard InChI is InChI=1S/C16H13N3O2S/c17-16(20)15-13(9-7-18-19-8-9)11-5-6-21-12-4-2-1-3-10(12)14(11)22-15/h1-4,7-8H,5-6H2,(H2,17,20)(H,18,19). The summed E-state index contributed by atoms with van der Waals surface area (Å²) in [5.74, 6) is 0.435. The van der Waals surface area contributed by atoms with Crippen molar-refractivity contribution in [1.82, 2.24) is 10.2 Å². The zero-order chi connectivity index (χ0) is 15.1. The van der Waals surface area contributed by atoms with Crippen LogP contribution in [0.1, 0.15) is 15.2 Å². The molecular formula is C16H13N3O2S. The largest absolute Gasteiger partial charge is 0.493 e. The van der Waals surface area contributed by atoms with Crippen molar-refractivity contribution in [3.63, 3.8) is 0 Å². The number of nitrogens with one attached hydrogen (secondary N) is 1. The van der Waals surface area contributed by atoms with Crippen LogP contribution in [0, 0.1) is 0 Å². The summed E-state index contributed by atoms with van der Waals surface area (Å²) in [4.78, 5) is 13.5. The summed E-state index contributed by atoms with van der Waals surface area (Å²) < 4.78 is 5.83. The van der Waals surface area contributed by atoms with Crippen LogP contribution in [0.15, 0.2) is 36.7 Å². The molecule has 0 unspecified atom stereocenters. The number of carbonyl (C=O) groups is 1. The van der Waals surface area contributed by atoms with Crippen molar-refractivity contribution < 1.29 is 9.53 Å². The number of rotatable bonds is 2. The average molecular weight is 311 g/mol. The molecule has 0 atom stereocenters. The van der Waals surface area contributed by atoms with Gasteiger partial charge < -0.3 is 10.5 Å². The SMILES string of the molecule is NC(=O)c1sc2c(c1-c1cn[nH]c1)CCOc1ccccc1-2. The van der Waals surface area contributed by atoms with E-state index in [4.69, 9.17) is 10.5 Å². The quantitative estimate of drug-likeness (QED) is 0.763. The summed E-state index contributed by atoms with van der Waals surface area (Å²) in [6.07, 6.45) is 4.23. The van der Waals surface area contributed by atoms with E-state index in [0.717, 1.165) is 39.3 Å².